The van der Waals surface area contributed by atoms with Gasteiger partial charge >= 0.3 is 5.97 Å². The van der Waals surface area contributed by atoms with Gasteiger partial charge in [0.25, 0.3) is 0 Å². The lowest BCUT2D eigenvalue weighted by molar-refractivity contribution is 0.0698. The largest absolute Gasteiger partial charge is 0.478 e. The molecule has 0 unspecified atom stereocenters. The molecule has 118 valence electrons. The summed E-state index contributed by atoms with van der Waals surface area (Å²) in [7, 11) is 0. The maximum absolute atomic E-state index is 11.5. The highest BCUT2D eigenvalue weighted by atomic mass is 32.1. The number of carbonyl (C=O) groups is 1. The fourth-order valence-corrected chi connectivity index (χ4v) is 2.60. The topological polar surface area (TPSA) is 62.2 Å². The van der Waals surface area contributed by atoms with Gasteiger partial charge in [-0.2, -0.15) is 0 Å². The average molecular weight is 334 g/mol. The van der Waals surface area contributed by atoms with Crippen LogP contribution < -0.4 is 5.32 Å². The monoisotopic (exact) mass is 334 g/mol. The molecule has 1 aromatic heterocycles. The summed E-state index contributed by atoms with van der Waals surface area (Å²) in [5.41, 5.74) is 3.26. The zero-order valence-electron chi connectivity index (χ0n) is 12.6. The number of hydrogen-bond donors (Lipinski definition) is 2. The van der Waals surface area contributed by atoms with Crippen molar-refractivity contribution in [2.24, 2.45) is 0 Å². The lowest BCUT2D eigenvalue weighted by Gasteiger charge is -2.12. The number of hydrogen-bond acceptors (Lipinski definition) is 3. The predicted molar refractivity (Wildman–Crippen MR) is 98.4 cm³/mol. The standard InChI is InChI=1S/C19H14N2O2S/c22-19(23)16-9-8-15(11-17(16)13-5-2-1-3-6-13)21-18(24)14-7-4-10-20-12-14/h1-12H,(H,21,24)(H,22,23). The second-order valence-electron chi connectivity index (χ2n) is 5.13. The van der Waals surface area contributed by atoms with E-state index in [0.29, 0.717) is 10.6 Å². The van der Waals surface area contributed by atoms with Gasteiger partial charge in [-0.05, 0) is 41.5 Å². The zero-order valence-corrected chi connectivity index (χ0v) is 13.5. The van der Waals surface area contributed by atoms with Gasteiger partial charge in [0.1, 0.15) is 4.99 Å². The number of pyridine rings is 1. The molecule has 0 amide bonds. The first-order valence-corrected chi connectivity index (χ1v) is 7.70. The van der Waals surface area contributed by atoms with Crippen molar-refractivity contribution >= 4 is 28.9 Å². The van der Waals surface area contributed by atoms with Crippen molar-refractivity contribution < 1.29 is 9.90 Å². The van der Waals surface area contributed by atoms with E-state index in [1.54, 1.807) is 30.6 Å². The van der Waals surface area contributed by atoms with Crippen molar-refractivity contribution in [1.82, 2.24) is 4.98 Å². The molecule has 0 saturated heterocycles. The highest BCUT2D eigenvalue weighted by Crippen LogP contribution is 2.27. The van der Waals surface area contributed by atoms with Crippen molar-refractivity contribution in [2.75, 3.05) is 5.32 Å². The van der Waals surface area contributed by atoms with E-state index in [1.807, 2.05) is 42.5 Å². The second-order valence-corrected chi connectivity index (χ2v) is 5.54. The van der Waals surface area contributed by atoms with Gasteiger partial charge in [0.15, 0.2) is 0 Å². The van der Waals surface area contributed by atoms with Gasteiger partial charge in [0.05, 0.1) is 5.56 Å². The molecule has 0 aliphatic carbocycles. The van der Waals surface area contributed by atoms with Crippen molar-refractivity contribution in [3.8, 4) is 11.1 Å². The molecule has 0 aliphatic rings. The molecule has 0 bridgehead atoms. The van der Waals surface area contributed by atoms with Crippen LogP contribution in [0.3, 0.4) is 0 Å². The number of aromatic nitrogens is 1. The first-order valence-electron chi connectivity index (χ1n) is 7.29. The van der Waals surface area contributed by atoms with E-state index in [-0.39, 0.29) is 5.56 Å². The number of thiocarbonyl (C=S) groups is 1. The van der Waals surface area contributed by atoms with Crippen LogP contribution in [-0.4, -0.2) is 21.0 Å². The molecular formula is C19H14N2O2S. The van der Waals surface area contributed by atoms with E-state index in [9.17, 15) is 9.90 Å². The first-order chi connectivity index (χ1) is 11.6. The molecule has 0 atom stereocenters. The summed E-state index contributed by atoms with van der Waals surface area (Å²) in [5, 5.41) is 12.6. The lowest BCUT2D eigenvalue weighted by Crippen LogP contribution is -2.11. The molecule has 3 rings (SSSR count). The Bertz CT molecular complexity index is 880. The Balaban J connectivity index is 1.96. The van der Waals surface area contributed by atoms with E-state index >= 15 is 0 Å². The molecule has 5 heteroatoms. The molecule has 0 radical (unpaired) electrons. The summed E-state index contributed by atoms with van der Waals surface area (Å²) in [6.45, 7) is 0. The first kappa shape index (κ1) is 15.8. The van der Waals surface area contributed by atoms with Crippen LogP contribution in [0.1, 0.15) is 15.9 Å². The summed E-state index contributed by atoms with van der Waals surface area (Å²) in [6, 6.07) is 18.2. The van der Waals surface area contributed by atoms with Gasteiger partial charge in [-0.3, -0.25) is 4.98 Å². The van der Waals surface area contributed by atoms with Crippen LogP contribution in [0, 0.1) is 0 Å². The molecule has 0 aliphatic heterocycles. The fourth-order valence-electron chi connectivity index (χ4n) is 2.37. The predicted octanol–water partition coefficient (Wildman–Crippen LogP) is 4.23. The van der Waals surface area contributed by atoms with Crippen molar-refractivity contribution in [3.05, 3.63) is 84.2 Å². The molecule has 2 N–H and O–H groups in total. The number of benzene rings is 2. The van der Waals surface area contributed by atoms with E-state index in [2.05, 4.69) is 10.3 Å². The van der Waals surface area contributed by atoms with Gasteiger partial charge in [0.2, 0.25) is 0 Å². The molecule has 3 aromatic rings. The molecule has 0 spiro atoms. The Kier molecular flexibility index (Phi) is 4.63. The quantitative estimate of drug-likeness (QED) is 0.699. The molecule has 1 heterocycles. The van der Waals surface area contributed by atoms with Crippen LogP contribution in [0.25, 0.3) is 11.1 Å². The minimum atomic E-state index is -0.963. The molecular weight excluding hydrogens is 320 g/mol. The van der Waals surface area contributed by atoms with E-state index in [1.165, 1.54) is 0 Å². The van der Waals surface area contributed by atoms with Crippen LogP contribution in [0.15, 0.2) is 73.1 Å². The Hall–Kier alpha value is -3.05. The Labute approximate surface area is 144 Å². The number of aromatic carboxylic acids is 1. The fraction of sp³-hybridized carbons (Fsp3) is 0. The van der Waals surface area contributed by atoms with Crippen LogP contribution >= 0.6 is 12.2 Å². The summed E-state index contributed by atoms with van der Waals surface area (Å²) >= 11 is 5.38. The van der Waals surface area contributed by atoms with Gasteiger partial charge in [0, 0.05) is 23.6 Å². The number of carboxylic acid groups (broad SMARTS) is 1. The van der Waals surface area contributed by atoms with Crippen LogP contribution in [-0.2, 0) is 0 Å². The number of anilines is 1. The van der Waals surface area contributed by atoms with Gasteiger partial charge in [-0.15, -0.1) is 0 Å². The van der Waals surface area contributed by atoms with Crippen molar-refractivity contribution in [2.45, 2.75) is 0 Å². The number of nitrogens with zero attached hydrogens (tertiary/aromatic N) is 1. The molecule has 4 nitrogen and oxygen atoms in total. The SMILES string of the molecule is O=C(O)c1ccc(NC(=S)c2cccnc2)cc1-c1ccccc1. The molecule has 0 saturated carbocycles. The van der Waals surface area contributed by atoms with Gasteiger partial charge in [-0.25, -0.2) is 4.79 Å². The molecule has 2 aromatic carbocycles. The van der Waals surface area contributed by atoms with E-state index < -0.39 is 5.97 Å². The van der Waals surface area contributed by atoms with Crippen molar-refractivity contribution in [1.29, 1.82) is 0 Å². The number of carboxylic acids is 1. The molecule has 24 heavy (non-hydrogen) atoms. The zero-order chi connectivity index (χ0) is 16.9. The van der Waals surface area contributed by atoms with Gasteiger partial charge < -0.3 is 10.4 Å². The van der Waals surface area contributed by atoms with Crippen molar-refractivity contribution in [3.63, 3.8) is 0 Å². The number of nitrogens with one attached hydrogen (secondary N) is 1. The Morgan fingerprint density at radius 3 is 2.50 bits per heavy atom. The normalized spacial score (nSPS) is 10.2. The van der Waals surface area contributed by atoms with Crippen LogP contribution in [0.5, 0.6) is 0 Å². The third kappa shape index (κ3) is 3.47. The van der Waals surface area contributed by atoms with Gasteiger partial charge in [-0.1, -0.05) is 42.5 Å². The van der Waals surface area contributed by atoms with E-state index in [4.69, 9.17) is 12.2 Å². The maximum atomic E-state index is 11.5. The minimum Gasteiger partial charge on any atom is -0.478 e. The van der Waals surface area contributed by atoms with Crippen LogP contribution in [0.2, 0.25) is 0 Å². The maximum Gasteiger partial charge on any atom is 0.336 e. The summed E-state index contributed by atoms with van der Waals surface area (Å²) < 4.78 is 0. The van der Waals surface area contributed by atoms with Crippen LogP contribution in [0.4, 0.5) is 5.69 Å². The second kappa shape index (κ2) is 7.02. The number of rotatable bonds is 4. The van der Waals surface area contributed by atoms with E-state index in [0.717, 1.165) is 16.8 Å². The highest BCUT2D eigenvalue weighted by molar-refractivity contribution is 7.81. The smallest absolute Gasteiger partial charge is 0.336 e. The summed E-state index contributed by atoms with van der Waals surface area (Å²) in [5.74, 6) is -0.963. The third-order valence-electron chi connectivity index (χ3n) is 3.52. The molecule has 0 fully saturated rings. The lowest BCUT2D eigenvalue weighted by atomic mass is 9.99. The Morgan fingerprint density at radius 2 is 1.83 bits per heavy atom. The minimum absolute atomic E-state index is 0.249. The summed E-state index contributed by atoms with van der Waals surface area (Å²) in [6.07, 6.45) is 3.36. The third-order valence-corrected chi connectivity index (χ3v) is 3.85. The Morgan fingerprint density at radius 1 is 1.04 bits per heavy atom. The highest BCUT2D eigenvalue weighted by Gasteiger charge is 2.13. The average Bonchev–Trinajstić information content (AvgIpc) is 2.63. The summed E-state index contributed by atoms with van der Waals surface area (Å²) in [4.78, 5) is 16.1.